The van der Waals surface area contributed by atoms with Crippen LogP contribution in [-0.4, -0.2) is 42.0 Å². The minimum Gasteiger partial charge on any atom is -1.00 e. The standard InChI is InChI=1S/C14H19N5O2.2ClH/c1-17-9-10-19(13(17)11-16-21)6-2-5-18-7-3-12(4-8-18)14(15)20;;/h3-4,7-11,13H,2,5-6H2,1H3,(H2-,15,20,21);2*1H/b16-11-;;. The smallest absolute Gasteiger partial charge is 0.249 e. The average Bonchev–Trinajstić information content (AvgIpc) is 2.81. The number of carbonyl (C=O) groups excluding carboxylic acids is 1. The van der Waals surface area contributed by atoms with Crippen LogP contribution in [0, 0.1) is 0 Å². The monoisotopic (exact) mass is 361 g/mol. The highest BCUT2D eigenvalue weighted by molar-refractivity contribution is 5.92. The van der Waals surface area contributed by atoms with Crippen molar-refractivity contribution in [2.75, 3.05) is 13.6 Å². The third-order valence-electron chi connectivity index (χ3n) is 3.61. The summed E-state index contributed by atoms with van der Waals surface area (Å²) in [4.78, 5) is 14.2. The number of halogens is 2. The predicted octanol–water partition coefficient (Wildman–Crippen LogP) is -7.44. The zero-order valence-electron chi connectivity index (χ0n) is 12.8. The van der Waals surface area contributed by atoms with Crippen LogP contribution in [0.4, 0.5) is 0 Å². The van der Waals surface area contributed by atoms with E-state index in [9.17, 15) is 4.79 Å². The van der Waals surface area contributed by atoms with Crippen LogP contribution in [0.5, 0.6) is 0 Å². The van der Waals surface area contributed by atoms with Crippen molar-refractivity contribution in [3.63, 3.8) is 0 Å². The van der Waals surface area contributed by atoms with E-state index in [-0.39, 0.29) is 31.0 Å². The van der Waals surface area contributed by atoms with Gasteiger partial charge in [0.05, 0.1) is 24.7 Å². The summed E-state index contributed by atoms with van der Waals surface area (Å²) in [6.45, 7) is 1.77. The lowest BCUT2D eigenvalue weighted by atomic mass is 10.2. The van der Waals surface area contributed by atoms with E-state index in [2.05, 4.69) is 11.4 Å². The Bertz CT molecular complexity index is 551. The fourth-order valence-corrected chi connectivity index (χ4v) is 2.40. The molecule has 0 aliphatic carbocycles. The van der Waals surface area contributed by atoms with Crippen LogP contribution in [0.1, 0.15) is 16.8 Å². The van der Waals surface area contributed by atoms with E-state index in [1.54, 1.807) is 12.1 Å². The molecule has 0 spiro atoms. The third-order valence-corrected chi connectivity index (χ3v) is 3.61. The first kappa shape index (κ1) is 21.2. The summed E-state index contributed by atoms with van der Waals surface area (Å²) in [5.74, 6) is -0.414. The second-order valence-corrected chi connectivity index (χ2v) is 5.06. The number of oxime groups is 1. The molecule has 0 bridgehead atoms. The van der Waals surface area contributed by atoms with E-state index in [4.69, 9.17) is 10.9 Å². The molecule has 1 aromatic heterocycles. The Hall–Kier alpha value is -1.83. The number of amides is 1. The minimum absolute atomic E-state index is 0. The maximum Gasteiger partial charge on any atom is 0.249 e. The Morgan fingerprint density at radius 2 is 2.13 bits per heavy atom. The average molecular weight is 362 g/mol. The topological polar surface area (TPSA) is 87.2 Å². The van der Waals surface area contributed by atoms with Crippen LogP contribution in [0.25, 0.3) is 0 Å². The van der Waals surface area contributed by atoms with Gasteiger partial charge >= 0.3 is 0 Å². The van der Waals surface area contributed by atoms with Gasteiger partial charge in [-0.25, -0.2) is 4.57 Å². The zero-order valence-corrected chi connectivity index (χ0v) is 14.3. The van der Waals surface area contributed by atoms with Gasteiger partial charge in [0.2, 0.25) is 12.1 Å². The van der Waals surface area contributed by atoms with Crippen LogP contribution in [-0.2, 0) is 6.54 Å². The number of nitrogens with zero attached hydrogens (tertiary/aromatic N) is 3. The minimum atomic E-state index is -0.414. The molecule has 0 saturated carbocycles. The SMILES string of the molecule is CN1C=C[NH+](CCC[n+]2ccc(C(N)=O)cc2)C1/C=N\O.[Cl-].[Cl-]. The van der Waals surface area contributed by atoms with E-state index >= 15 is 0 Å². The van der Waals surface area contributed by atoms with Crippen LogP contribution < -0.4 is 40.0 Å². The van der Waals surface area contributed by atoms with Gasteiger partial charge in [-0.2, -0.15) is 0 Å². The van der Waals surface area contributed by atoms with Gasteiger partial charge < -0.3 is 40.7 Å². The molecule has 2 unspecified atom stereocenters. The van der Waals surface area contributed by atoms with Gasteiger partial charge in [0, 0.05) is 19.2 Å². The quantitative estimate of drug-likeness (QED) is 0.203. The maximum atomic E-state index is 11.0. The predicted molar refractivity (Wildman–Crippen MR) is 76.6 cm³/mol. The zero-order chi connectivity index (χ0) is 15.2. The van der Waals surface area contributed by atoms with E-state index in [0.29, 0.717) is 5.56 Å². The lowest BCUT2D eigenvalue weighted by Crippen LogP contribution is -3.12. The van der Waals surface area contributed by atoms with E-state index in [1.807, 2.05) is 35.1 Å². The van der Waals surface area contributed by atoms with Gasteiger partial charge in [-0.1, -0.05) is 5.16 Å². The number of primary amides is 1. The first-order valence-electron chi connectivity index (χ1n) is 6.84. The van der Waals surface area contributed by atoms with E-state index < -0.39 is 5.91 Å². The Morgan fingerprint density at radius 3 is 2.70 bits per heavy atom. The first-order chi connectivity index (χ1) is 10.1. The van der Waals surface area contributed by atoms with Crippen molar-refractivity contribution in [1.82, 2.24) is 4.90 Å². The Morgan fingerprint density at radius 1 is 1.48 bits per heavy atom. The van der Waals surface area contributed by atoms with Gasteiger partial charge in [-0.3, -0.25) is 9.69 Å². The first-order valence-corrected chi connectivity index (χ1v) is 6.84. The lowest BCUT2D eigenvalue weighted by Gasteiger charge is -2.20. The number of quaternary nitrogens is 1. The molecule has 2 heterocycles. The van der Waals surface area contributed by atoms with E-state index in [0.717, 1.165) is 19.5 Å². The van der Waals surface area contributed by atoms with Gasteiger partial charge in [-0.05, 0) is 0 Å². The number of carbonyl (C=O) groups is 1. The van der Waals surface area contributed by atoms with Crippen molar-refractivity contribution in [2.24, 2.45) is 10.9 Å². The molecule has 0 aromatic carbocycles. The summed E-state index contributed by atoms with van der Waals surface area (Å²) in [5.41, 5.74) is 5.72. The van der Waals surface area contributed by atoms with Crippen molar-refractivity contribution in [2.45, 2.75) is 19.1 Å². The van der Waals surface area contributed by atoms with Crippen LogP contribution in [0.2, 0.25) is 0 Å². The summed E-state index contributed by atoms with van der Waals surface area (Å²) < 4.78 is 2.02. The fraction of sp³-hybridized carbons (Fsp3) is 0.357. The molecule has 9 heteroatoms. The number of pyridine rings is 1. The molecule has 2 atom stereocenters. The summed E-state index contributed by atoms with van der Waals surface area (Å²) in [6.07, 6.45) is 10.3. The van der Waals surface area contributed by atoms with Gasteiger partial charge in [0.25, 0.3) is 0 Å². The third kappa shape index (κ3) is 5.70. The van der Waals surface area contributed by atoms with Crippen molar-refractivity contribution >= 4 is 12.1 Å². The molecule has 0 saturated heterocycles. The molecule has 4 N–H and O–H groups in total. The maximum absolute atomic E-state index is 11.0. The molecule has 128 valence electrons. The van der Waals surface area contributed by atoms with Crippen LogP contribution in [0.3, 0.4) is 0 Å². The van der Waals surface area contributed by atoms with Crippen molar-refractivity contribution < 1.29 is 44.3 Å². The van der Waals surface area contributed by atoms with Crippen molar-refractivity contribution in [3.05, 3.63) is 42.5 Å². The number of nitrogens with two attached hydrogens (primary N) is 1. The molecular weight excluding hydrogens is 341 g/mol. The molecule has 1 aliphatic rings. The molecule has 23 heavy (non-hydrogen) atoms. The lowest BCUT2D eigenvalue weighted by molar-refractivity contribution is -0.867. The highest BCUT2D eigenvalue weighted by Crippen LogP contribution is 1.95. The normalized spacial score (nSPS) is 19.4. The number of rotatable bonds is 6. The Balaban J connectivity index is 0.00000242. The number of aromatic nitrogens is 1. The fourth-order valence-electron chi connectivity index (χ4n) is 2.40. The van der Waals surface area contributed by atoms with Gasteiger partial charge in [0.15, 0.2) is 18.9 Å². The number of nitrogens with one attached hydrogen (secondary N) is 1. The summed E-state index contributed by atoms with van der Waals surface area (Å²) in [7, 11) is 1.95. The number of hydrogen-bond acceptors (Lipinski definition) is 4. The van der Waals surface area contributed by atoms with Gasteiger partial charge in [0.1, 0.15) is 12.4 Å². The highest BCUT2D eigenvalue weighted by Gasteiger charge is 2.27. The second kappa shape index (κ2) is 10.0. The van der Waals surface area contributed by atoms with E-state index in [1.165, 1.54) is 11.1 Å². The highest BCUT2D eigenvalue weighted by atomic mass is 35.5. The number of hydrogen-bond donors (Lipinski definition) is 3. The molecule has 1 amide bonds. The Labute approximate surface area is 147 Å². The van der Waals surface area contributed by atoms with Crippen molar-refractivity contribution in [3.8, 4) is 0 Å². The van der Waals surface area contributed by atoms with Crippen LogP contribution in [0.15, 0.2) is 42.1 Å². The second-order valence-electron chi connectivity index (χ2n) is 5.06. The molecular formula is C14H21Cl2N5O2. The summed E-state index contributed by atoms with van der Waals surface area (Å²) in [6, 6.07) is 3.44. The molecule has 1 aliphatic heterocycles. The van der Waals surface area contributed by atoms with Gasteiger partial charge in [-0.15, -0.1) is 0 Å². The summed E-state index contributed by atoms with van der Waals surface area (Å²) >= 11 is 0. The Kier molecular flexibility index (Phi) is 9.24. The number of aryl methyl sites for hydroxylation is 1. The van der Waals surface area contributed by atoms with Crippen LogP contribution >= 0.6 is 0 Å². The molecule has 2 rings (SSSR count). The molecule has 0 radical (unpaired) electrons. The summed E-state index contributed by atoms with van der Waals surface area (Å²) in [5, 5.41) is 11.8. The van der Waals surface area contributed by atoms with Crippen molar-refractivity contribution in [1.29, 1.82) is 0 Å². The largest absolute Gasteiger partial charge is 1.00 e. The molecule has 1 aromatic rings. The molecule has 0 fully saturated rings. The molecule has 7 nitrogen and oxygen atoms in total.